The van der Waals surface area contributed by atoms with Crippen LogP contribution < -0.4 is 5.32 Å². The van der Waals surface area contributed by atoms with Crippen molar-refractivity contribution in [3.05, 3.63) is 51.3 Å². The number of nitrogens with zero attached hydrogens (tertiary/aromatic N) is 2. The normalized spacial score (nSPS) is 18.7. The van der Waals surface area contributed by atoms with Crippen molar-refractivity contribution in [2.24, 2.45) is 0 Å². The van der Waals surface area contributed by atoms with Crippen LogP contribution in [0.3, 0.4) is 0 Å². The summed E-state index contributed by atoms with van der Waals surface area (Å²) in [5, 5.41) is 2.31. The van der Waals surface area contributed by atoms with Crippen molar-refractivity contribution < 1.29 is 27.2 Å². The van der Waals surface area contributed by atoms with Gasteiger partial charge in [0, 0.05) is 42.5 Å². The number of aromatic nitrogens is 1. The Morgan fingerprint density at radius 3 is 2.44 bits per heavy atom. The van der Waals surface area contributed by atoms with Gasteiger partial charge in [-0.1, -0.05) is 23.2 Å². The number of halogens is 2. The Hall–Kier alpha value is -2.41. The molecule has 176 valence electrons. The second-order valence-electron chi connectivity index (χ2n) is 7.39. The smallest absolute Gasteiger partial charge is 0.290 e. The number of pyridine rings is 1. The number of imide groups is 1. The summed E-state index contributed by atoms with van der Waals surface area (Å²) in [6.45, 7) is 1.02. The first kappa shape index (κ1) is 23.3. The highest BCUT2D eigenvalue weighted by atomic mass is 35.5. The average molecular weight is 540 g/mol. The Kier molecular flexibility index (Phi) is 6.17. The SMILES string of the molecule is O=C1NC(=O)/C(=C/c2cc3cncc(-c4cc(Cl)c(S(=O)(=O)N5CCOCC5)c(Cl)c4)c3o2)S1. The van der Waals surface area contributed by atoms with E-state index in [2.05, 4.69) is 10.3 Å². The van der Waals surface area contributed by atoms with Crippen molar-refractivity contribution in [1.82, 2.24) is 14.6 Å². The lowest BCUT2D eigenvalue weighted by Crippen LogP contribution is -2.40. The second-order valence-corrected chi connectivity index (χ2v) is 11.1. The monoisotopic (exact) mass is 539 g/mol. The minimum absolute atomic E-state index is 0.0302. The minimum Gasteiger partial charge on any atom is -0.456 e. The zero-order valence-electron chi connectivity index (χ0n) is 17.2. The topological polar surface area (TPSA) is 119 Å². The maximum absolute atomic E-state index is 13.1. The van der Waals surface area contributed by atoms with Gasteiger partial charge in [-0.2, -0.15) is 4.31 Å². The first-order valence-electron chi connectivity index (χ1n) is 9.94. The lowest BCUT2D eigenvalue weighted by molar-refractivity contribution is -0.115. The van der Waals surface area contributed by atoms with Crippen LogP contribution in [0.15, 0.2) is 44.8 Å². The molecule has 1 aromatic carbocycles. The summed E-state index contributed by atoms with van der Waals surface area (Å²) in [6.07, 6.45) is 4.59. The van der Waals surface area contributed by atoms with E-state index in [0.29, 0.717) is 41.1 Å². The van der Waals surface area contributed by atoms with Crippen molar-refractivity contribution in [2.45, 2.75) is 4.90 Å². The highest BCUT2D eigenvalue weighted by molar-refractivity contribution is 8.18. The van der Waals surface area contributed by atoms with Gasteiger partial charge in [0.1, 0.15) is 16.2 Å². The molecule has 0 saturated carbocycles. The lowest BCUT2D eigenvalue weighted by Gasteiger charge is -2.27. The molecule has 0 bridgehead atoms. The third-order valence-corrected chi connectivity index (χ3v) is 8.87. The number of morpholine rings is 1. The molecule has 2 aliphatic heterocycles. The molecule has 5 rings (SSSR count). The predicted octanol–water partition coefficient (Wildman–Crippen LogP) is 4.15. The maximum Gasteiger partial charge on any atom is 0.290 e. The molecule has 0 aliphatic carbocycles. The third kappa shape index (κ3) is 4.23. The van der Waals surface area contributed by atoms with Gasteiger partial charge in [-0.05, 0) is 35.5 Å². The number of thioether (sulfide) groups is 1. The van der Waals surface area contributed by atoms with Crippen LogP contribution in [0.1, 0.15) is 5.76 Å². The lowest BCUT2D eigenvalue weighted by atomic mass is 10.1. The number of ether oxygens (including phenoxy) is 1. The van der Waals surface area contributed by atoms with E-state index in [1.54, 1.807) is 18.5 Å². The van der Waals surface area contributed by atoms with Crippen molar-refractivity contribution in [2.75, 3.05) is 26.3 Å². The summed E-state index contributed by atoms with van der Waals surface area (Å²) in [4.78, 5) is 27.5. The van der Waals surface area contributed by atoms with Crippen LogP contribution in [-0.4, -0.2) is 55.2 Å². The van der Waals surface area contributed by atoms with Crippen molar-refractivity contribution in [3.8, 4) is 11.1 Å². The van der Waals surface area contributed by atoms with E-state index in [1.807, 2.05) is 0 Å². The van der Waals surface area contributed by atoms with E-state index in [1.165, 1.54) is 22.5 Å². The molecule has 0 spiro atoms. The zero-order valence-corrected chi connectivity index (χ0v) is 20.4. The molecule has 9 nitrogen and oxygen atoms in total. The molecule has 34 heavy (non-hydrogen) atoms. The van der Waals surface area contributed by atoms with Crippen molar-refractivity contribution in [1.29, 1.82) is 0 Å². The molecule has 2 fully saturated rings. The van der Waals surface area contributed by atoms with Gasteiger partial charge in [0.15, 0.2) is 0 Å². The summed E-state index contributed by atoms with van der Waals surface area (Å²) in [7, 11) is -3.91. The van der Waals surface area contributed by atoms with Crippen LogP contribution in [-0.2, 0) is 19.6 Å². The summed E-state index contributed by atoms with van der Waals surface area (Å²) < 4.78 is 38.7. The molecule has 2 aliphatic rings. The molecule has 13 heteroatoms. The van der Waals surface area contributed by atoms with E-state index in [9.17, 15) is 18.0 Å². The quantitative estimate of drug-likeness (QED) is 0.491. The van der Waals surface area contributed by atoms with E-state index in [4.69, 9.17) is 32.4 Å². The molecule has 3 aromatic rings. The summed E-state index contributed by atoms with van der Waals surface area (Å²) in [6, 6.07) is 4.67. The number of benzene rings is 1. The second kappa shape index (κ2) is 8.99. The van der Waals surface area contributed by atoms with Crippen LogP contribution in [0.25, 0.3) is 28.2 Å². The number of hydrogen-bond donors (Lipinski definition) is 1. The fourth-order valence-electron chi connectivity index (χ4n) is 3.69. The van der Waals surface area contributed by atoms with Gasteiger partial charge in [0.05, 0.1) is 28.2 Å². The molecular weight excluding hydrogens is 525 g/mol. The van der Waals surface area contributed by atoms with Gasteiger partial charge in [-0.15, -0.1) is 0 Å². The van der Waals surface area contributed by atoms with Gasteiger partial charge >= 0.3 is 0 Å². The first-order valence-corrected chi connectivity index (χ1v) is 12.9. The van der Waals surface area contributed by atoms with Gasteiger partial charge in [0.25, 0.3) is 11.1 Å². The van der Waals surface area contributed by atoms with E-state index < -0.39 is 21.2 Å². The number of hydrogen-bond acceptors (Lipinski definition) is 8. The van der Waals surface area contributed by atoms with Crippen molar-refractivity contribution in [3.63, 3.8) is 0 Å². The van der Waals surface area contributed by atoms with Gasteiger partial charge in [-0.25, -0.2) is 8.42 Å². The molecule has 2 amide bonds. The summed E-state index contributed by atoms with van der Waals surface area (Å²) in [5.41, 5.74) is 1.47. The number of fused-ring (bicyclic) bond motifs is 1. The molecular formula is C21H15Cl2N3O6S2. The van der Waals surface area contributed by atoms with E-state index in [-0.39, 0.29) is 32.9 Å². The Labute approximate surface area is 208 Å². The molecule has 0 atom stereocenters. The highest BCUT2D eigenvalue weighted by Crippen LogP contribution is 2.39. The van der Waals surface area contributed by atoms with Gasteiger partial charge < -0.3 is 9.15 Å². The Bertz CT molecular complexity index is 1460. The van der Waals surface area contributed by atoms with Crippen LogP contribution in [0.2, 0.25) is 10.0 Å². The number of furan rings is 1. The minimum atomic E-state index is -3.91. The van der Waals surface area contributed by atoms with Crippen molar-refractivity contribution >= 4 is 73.2 Å². The molecule has 0 radical (unpaired) electrons. The van der Waals surface area contributed by atoms with Crippen LogP contribution in [0, 0.1) is 0 Å². The Balaban J connectivity index is 1.55. The summed E-state index contributed by atoms with van der Waals surface area (Å²) in [5.74, 6) is -0.148. The summed E-state index contributed by atoms with van der Waals surface area (Å²) >= 11 is 13.6. The third-order valence-electron chi connectivity index (χ3n) is 5.23. The molecule has 4 heterocycles. The number of amides is 2. The van der Waals surface area contributed by atoms with Crippen LogP contribution in [0.4, 0.5) is 4.79 Å². The molecule has 2 aromatic heterocycles. The number of rotatable bonds is 4. The fraction of sp³-hybridized carbons (Fsp3) is 0.190. The maximum atomic E-state index is 13.1. The highest BCUT2D eigenvalue weighted by Gasteiger charge is 2.31. The number of sulfonamides is 1. The van der Waals surface area contributed by atoms with Crippen LogP contribution >= 0.6 is 35.0 Å². The first-order chi connectivity index (χ1) is 16.2. The molecule has 1 N–H and O–H groups in total. The largest absolute Gasteiger partial charge is 0.456 e. The standard InChI is InChI=1S/C21H15Cl2N3O6S2/c22-15-6-11(7-16(23)19(15)34(29,30)26-1-3-31-4-2-26)14-10-24-9-12-5-13(32-18(12)14)8-17-20(27)25-21(28)33-17/h5-10H,1-4H2,(H,25,27,28)/b17-8-. The predicted molar refractivity (Wildman–Crippen MR) is 128 cm³/mol. The fourth-order valence-corrected chi connectivity index (χ4v) is 6.92. The number of carbonyl (C=O) groups excluding carboxylic acids is 2. The average Bonchev–Trinajstić information content (AvgIpc) is 3.35. The molecule has 0 unspecified atom stereocenters. The Morgan fingerprint density at radius 1 is 1.09 bits per heavy atom. The Morgan fingerprint density at radius 2 is 1.79 bits per heavy atom. The van der Waals surface area contributed by atoms with Gasteiger partial charge in [0.2, 0.25) is 10.0 Å². The zero-order chi connectivity index (χ0) is 24.0. The van der Waals surface area contributed by atoms with Crippen LogP contribution in [0.5, 0.6) is 0 Å². The number of carbonyl (C=O) groups is 2. The van der Waals surface area contributed by atoms with E-state index in [0.717, 1.165) is 11.8 Å². The molecule has 2 saturated heterocycles. The number of nitrogens with one attached hydrogen (secondary N) is 1. The van der Waals surface area contributed by atoms with E-state index >= 15 is 0 Å². The van der Waals surface area contributed by atoms with Gasteiger partial charge in [-0.3, -0.25) is 19.9 Å².